The first-order chi connectivity index (χ1) is 26.1. The van der Waals surface area contributed by atoms with Gasteiger partial charge in [0.25, 0.3) is 0 Å². The average molecular weight is 701 g/mol. The molecule has 53 heavy (non-hydrogen) atoms. The molecule has 0 aromatic heterocycles. The summed E-state index contributed by atoms with van der Waals surface area (Å²) in [7, 11) is 0. The molecule has 0 heterocycles. The summed E-state index contributed by atoms with van der Waals surface area (Å²) in [5.41, 5.74) is 11.5. The lowest BCUT2D eigenvalue weighted by Gasteiger charge is -2.31. The number of hydrogen-bond acceptors (Lipinski definition) is 3. The van der Waals surface area contributed by atoms with Crippen molar-refractivity contribution in [1.82, 2.24) is 0 Å². The summed E-state index contributed by atoms with van der Waals surface area (Å²) in [6.07, 6.45) is 20.2. The third-order valence-corrected chi connectivity index (χ3v) is 11.9. The summed E-state index contributed by atoms with van der Waals surface area (Å²) in [6, 6.07) is 38.2. The van der Waals surface area contributed by atoms with Gasteiger partial charge in [-0.25, -0.2) is 0 Å². The minimum Gasteiger partial charge on any atom is -0.373 e. The predicted octanol–water partition coefficient (Wildman–Crippen LogP) is 13.5. The van der Waals surface area contributed by atoms with Crippen molar-refractivity contribution in [3.05, 3.63) is 131 Å². The van der Waals surface area contributed by atoms with Gasteiger partial charge in [0.1, 0.15) is 0 Å². The zero-order valence-corrected chi connectivity index (χ0v) is 31.9. The molecule has 2 aliphatic rings. The Kier molecular flexibility index (Phi) is 13.9. The van der Waals surface area contributed by atoms with Gasteiger partial charge in [-0.2, -0.15) is 10.5 Å². The van der Waals surface area contributed by atoms with E-state index in [4.69, 9.17) is 4.74 Å². The van der Waals surface area contributed by atoms with E-state index in [0.717, 1.165) is 23.0 Å². The molecule has 6 rings (SSSR count). The quantitative estimate of drug-likeness (QED) is 0.123. The van der Waals surface area contributed by atoms with Crippen molar-refractivity contribution in [2.75, 3.05) is 13.2 Å². The lowest BCUT2D eigenvalue weighted by atomic mass is 9.75. The van der Waals surface area contributed by atoms with Crippen LogP contribution in [0.15, 0.2) is 109 Å². The number of benzene rings is 4. The van der Waals surface area contributed by atoms with Crippen LogP contribution in [0, 0.1) is 46.3 Å². The van der Waals surface area contributed by atoms with Crippen LogP contribution in [0.4, 0.5) is 0 Å². The Labute approximate surface area is 319 Å². The van der Waals surface area contributed by atoms with E-state index in [1.54, 1.807) is 0 Å². The molecule has 4 aromatic carbocycles. The molecule has 0 N–H and O–H groups in total. The highest BCUT2D eigenvalue weighted by molar-refractivity contribution is 5.73. The van der Waals surface area contributed by atoms with Gasteiger partial charge in [-0.15, -0.1) is 0 Å². The van der Waals surface area contributed by atoms with Gasteiger partial charge >= 0.3 is 0 Å². The van der Waals surface area contributed by atoms with Gasteiger partial charge in [0.15, 0.2) is 0 Å². The van der Waals surface area contributed by atoms with Crippen molar-refractivity contribution in [2.45, 2.75) is 90.9 Å². The number of ether oxygens (including phenoxy) is 1. The second kappa shape index (κ2) is 19.4. The number of rotatable bonds is 14. The Balaban J connectivity index is 1.18. The maximum atomic E-state index is 9.22. The summed E-state index contributed by atoms with van der Waals surface area (Å²) in [5, 5.41) is 18.4. The van der Waals surface area contributed by atoms with Gasteiger partial charge in [-0.1, -0.05) is 124 Å². The summed E-state index contributed by atoms with van der Waals surface area (Å²) in [5.74, 6) is 2.86. The summed E-state index contributed by atoms with van der Waals surface area (Å²) in [6.45, 7) is 5.83. The molecule has 2 saturated carbocycles. The number of hydrogen-bond donors (Lipinski definition) is 0. The standard InChI is InChI=1S/C50H56N2O/c1-3-5-37-7-19-45(20-8-37)49(47-27-23-43(24-28-47)41-15-11-39(35-51)12-16-41)31-33-53-34-32-50(46-21-9-38(6-4-2)10-22-46)48-29-25-44(26-30-48)42-17-13-40(36-52)14-18-42/h11-18,23-32,37-38,45-46H,3-10,19-22,33-34H2,1-2H3. The third kappa shape index (κ3) is 10.3. The Morgan fingerprint density at radius 2 is 0.830 bits per heavy atom. The summed E-state index contributed by atoms with van der Waals surface area (Å²) < 4.78 is 6.46. The molecule has 0 spiro atoms. The Morgan fingerprint density at radius 3 is 1.13 bits per heavy atom. The van der Waals surface area contributed by atoms with Gasteiger partial charge in [0.2, 0.25) is 0 Å². The molecule has 3 nitrogen and oxygen atoms in total. The van der Waals surface area contributed by atoms with Crippen molar-refractivity contribution < 1.29 is 4.74 Å². The minimum atomic E-state index is 0.562. The van der Waals surface area contributed by atoms with Crippen molar-refractivity contribution in [2.24, 2.45) is 23.7 Å². The van der Waals surface area contributed by atoms with Gasteiger partial charge in [0, 0.05) is 0 Å². The normalized spacial score (nSPS) is 20.8. The third-order valence-electron chi connectivity index (χ3n) is 11.9. The van der Waals surface area contributed by atoms with E-state index >= 15 is 0 Å². The Hall–Kier alpha value is -4.70. The van der Waals surface area contributed by atoms with Gasteiger partial charge in [-0.05, 0) is 144 Å². The minimum absolute atomic E-state index is 0.562. The summed E-state index contributed by atoms with van der Waals surface area (Å²) >= 11 is 0. The van der Waals surface area contributed by atoms with Crippen molar-refractivity contribution in [1.29, 1.82) is 10.5 Å². The predicted molar refractivity (Wildman–Crippen MR) is 221 cm³/mol. The van der Waals surface area contributed by atoms with E-state index in [2.05, 4.69) is 86.7 Å². The smallest absolute Gasteiger partial charge is 0.0991 e. The second-order valence-electron chi connectivity index (χ2n) is 15.4. The molecule has 2 fully saturated rings. The van der Waals surface area contributed by atoms with Crippen LogP contribution < -0.4 is 0 Å². The molecule has 2 aliphatic carbocycles. The molecule has 0 atom stereocenters. The molecule has 0 saturated heterocycles. The fourth-order valence-electron chi connectivity index (χ4n) is 8.93. The highest BCUT2D eigenvalue weighted by Crippen LogP contribution is 2.41. The monoisotopic (exact) mass is 700 g/mol. The van der Waals surface area contributed by atoms with Crippen LogP contribution in [0.2, 0.25) is 0 Å². The van der Waals surface area contributed by atoms with Gasteiger partial charge in [0.05, 0.1) is 36.5 Å². The lowest BCUT2D eigenvalue weighted by Crippen LogP contribution is -2.16. The van der Waals surface area contributed by atoms with E-state index in [0.29, 0.717) is 36.2 Å². The fraction of sp³-hybridized carbons (Fsp3) is 0.400. The molecule has 4 aromatic rings. The molecular formula is C50H56N2O. The van der Waals surface area contributed by atoms with E-state index in [9.17, 15) is 10.5 Å². The zero-order chi connectivity index (χ0) is 36.8. The first-order valence-electron chi connectivity index (χ1n) is 20.3. The number of nitrogens with zero attached hydrogens (tertiary/aromatic N) is 2. The molecule has 0 bridgehead atoms. The van der Waals surface area contributed by atoms with E-state index in [1.165, 1.54) is 110 Å². The Bertz CT molecular complexity index is 1730. The first-order valence-corrected chi connectivity index (χ1v) is 20.3. The van der Waals surface area contributed by atoms with Crippen LogP contribution >= 0.6 is 0 Å². The molecule has 0 radical (unpaired) electrons. The Morgan fingerprint density at radius 1 is 0.509 bits per heavy atom. The van der Waals surface area contributed by atoms with Gasteiger partial charge in [-0.3, -0.25) is 0 Å². The maximum absolute atomic E-state index is 9.22. The molecule has 0 amide bonds. The van der Waals surface area contributed by atoms with Crippen LogP contribution in [0.1, 0.15) is 113 Å². The van der Waals surface area contributed by atoms with Crippen molar-refractivity contribution in [3.63, 3.8) is 0 Å². The van der Waals surface area contributed by atoms with Crippen LogP contribution in [-0.2, 0) is 4.74 Å². The molecular weight excluding hydrogens is 645 g/mol. The van der Waals surface area contributed by atoms with E-state index in [1.807, 2.05) is 48.5 Å². The number of allylic oxidation sites excluding steroid dienone is 2. The van der Waals surface area contributed by atoms with Gasteiger partial charge < -0.3 is 4.74 Å². The van der Waals surface area contributed by atoms with Crippen LogP contribution in [0.25, 0.3) is 33.4 Å². The number of nitriles is 2. The molecule has 272 valence electrons. The highest BCUT2D eigenvalue weighted by Gasteiger charge is 2.25. The largest absolute Gasteiger partial charge is 0.373 e. The van der Waals surface area contributed by atoms with Crippen LogP contribution in [0.5, 0.6) is 0 Å². The molecule has 0 aliphatic heterocycles. The first kappa shape index (κ1) is 38.0. The SMILES string of the molecule is CCCC1CCC(C(=CCOCC=C(c2ccc(-c3ccc(C#N)cc3)cc2)C2CCC(CCC)CC2)c2ccc(-c3ccc(C#N)cc3)cc2)CC1. The van der Waals surface area contributed by atoms with Crippen molar-refractivity contribution in [3.8, 4) is 34.4 Å². The lowest BCUT2D eigenvalue weighted by molar-refractivity contribution is 0.193. The van der Waals surface area contributed by atoms with E-state index < -0.39 is 0 Å². The second-order valence-corrected chi connectivity index (χ2v) is 15.4. The van der Waals surface area contributed by atoms with Crippen LogP contribution in [0.3, 0.4) is 0 Å². The molecule has 3 heteroatoms. The fourth-order valence-corrected chi connectivity index (χ4v) is 8.93. The zero-order valence-electron chi connectivity index (χ0n) is 31.9. The highest BCUT2D eigenvalue weighted by atomic mass is 16.5. The topological polar surface area (TPSA) is 56.8 Å². The maximum Gasteiger partial charge on any atom is 0.0991 e. The van der Waals surface area contributed by atoms with Crippen molar-refractivity contribution >= 4 is 11.1 Å². The van der Waals surface area contributed by atoms with E-state index in [-0.39, 0.29) is 0 Å². The van der Waals surface area contributed by atoms with Crippen LogP contribution in [-0.4, -0.2) is 13.2 Å². The summed E-state index contributed by atoms with van der Waals surface area (Å²) in [4.78, 5) is 0. The molecule has 0 unspecified atom stereocenters. The average Bonchev–Trinajstić information content (AvgIpc) is 3.22.